The van der Waals surface area contributed by atoms with Gasteiger partial charge in [-0.25, -0.2) is 9.59 Å². The summed E-state index contributed by atoms with van der Waals surface area (Å²) in [6.45, 7) is 3.19. The van der Waals surface area contributed by atoms with E-state index in [2.05, 4.69) is 10.6 Å². The van der Waals surface area contributed by atoms with E-state index in [-0.39, 0.29) is 23.5 Å². The highest BCUT2D eigenvalue weighted by Crippen LogP contribution is 2.38. The largest absolute Gasteiger partial charge is 0.478 e. The first-order chi connectivity index (χ1) is 12.8. The molecule has 0 saturated heterocycles. The van der Waals surface area contributed by atoms with Crippen LogP contribution in [0.1, 0.15) is 38.2 Å². The standard InChI is InChI=1S/C19H21ClN2O5/c1-10-15(18(24)25)17(16(19(26)27)11(2)21-10)12-5-3-6-13(9-12)22-14(23)7-4-8-20/h3,5-6,9,17,21H,4,7-8H2,1-2H3,(H,22,23)(H,24,25)(H,26,27). The van der Waals surface area contributed by atoms with Crippen LogP contribution in [0.25, 0.3) is 0 Å². The molecule has 0 spiro atoms. The number of hydrogen-bond acceptors (Lipinski definition) is 4. The predicted molar refractivity (Wildman–Crippen MR) is 102 cm³/mol. The van der Waals surface area contributed by atoms with Crippen molar-refractivity contribution in [1.29, 1.82) is 0 Å². The topological polar surface area (TPSA) is 116 Å². The van der Waals surface area contributed by atoms with Gasteiger partial charge in [0.05, 0.1) is 17.1 Å². The fourth-order valence-electron chi connectivity index (χ4n) is 3.14. The third-order valence-electron chi connectivity index (χ3n) is 4.26. The highest BCUT2D eigenvalue weighted by atomic mass is 35.5. The van der Waals surface area contributed by atoms with Gasteiger partial charge in [-0.05, 0) is 38.0 Å². The zero-order chi connectivity index (χ0) is 20.1. The number of nitrogens with one attached hydrogen (secondary N) is 2. The van der Waals surface area contributed by atoms with Gasteiger partial charge >= 0.3 is 11.9 Å². The Morgan fingerprint density at radius 1 is 1.11 bits per heavy atom. The molecule has 1 aliphatic heterocycles. The van der Waals surface area contributed by atoms with Crippen LogP contribution in [0, 0.1) is 0 Å². The number of halogens is 1. The maximum absolute atomic E-state index is 11.9. The summed E-state index contributed by atoms with van der Waals surface area (Å²) in [4.78, 5) is 35.5. The zero-order valence-electron chi connectivity index (χ0n) is 15.0. The summed E-state index contributed by atoms with van der Waals surface area (Å²) in [7, 11) is 0. The molecule has 0 saturated carbocycles. The monoisotopic (exact) mass is 392 g/mol. The first-order valence-electron chi connectivity index (χ1n) is 8.37. The number of amides is 1. The highest BCUT2D eigenvalue weighted by molar-refractivity contribution is 6.18. The predicted octanol–water partition coefficient (Wildman–Crippen LogP) is 3.05. The molecule has 0 unspecified atom stereocenters. The minimum absolute atomic E-state index is 0.0383. The van der Waals surface area contributed by atoms with E-state index in [1.165, 1.54) is 0 Å². The van der Waals surface area contributed by atoms with Gasteiger partial charge in [-0.2, -0.15) is 0 Å². The number of allylic oxidation sites excluding steroid dienone is 2. The van der Waals surface area contributed by atoms with E-state index >= 15 is 0 Å². The number of carboxylic acids is 2. The van der Waals surface area contributed by atoms with Gasteiger partial charge < -0.3 is 20.8 Å². The maximum atomic E-state index is 11.9. The zero-order valence-corrected chi connectivity index (χ0v) is 15.8. The molecule has 4 N–H and O–H groups in total. The molecule has 1 amide bonds. The van der Waals surface area contributed by atoms with Crippen LogP contribution in [0.3, 0.4) is 0 Å². The van der Waals surface area contributed by atoms with Crippen molar-refractivity contribution < 1.29 is 24.6 Å². The van der Waals surface area contributed by atoms with E-state index in [1.807, 2.05) is 0 Å². The molecule has 1 aromatic rings. The van der Waals surface area contributed by atoms with E-state index in [9.17, 15) is 24.6 Å². The molecule has 0 atom stereocenters. The lowest BCUT2D eigenvalue weighted by atomic mass is 9.80. The molecule has 0 fully saturated rings. The normalized spacial score (nSPS) is 14.8. The van der Waals surface area contributed by atoms with Gasteiger partial charge in [0, 0.05) is 29.4 Å². The summed E-state index contributed by atoms with van der Waals surface area (Å²) in [5.41, 5.74) is 1.63. The number of aliphatic carboxylic acids is 2. The number of carbonyl (C=O) groups is 3. The maximum Gasteiger partial charge on any atom is 0.334 e. The van der Waals surface area contributed by atoms with Gasteiger partial charge in [0.1, 0.15) is 0 Å². The van der Waals surface area contributed by atoms with Crippen molar-refractivity contribution in [1.82, 2.24) is 5.32 Å². The smallest absolute Gasteiger partial charge is 0.334 e. The van der Waals surface area contributed by atoms with E-state index < -0.39 is 17.9 Å². The van der Waals surface area contributed by atoms with E-state index in [4.69, 9.17) is 11.6 Å². The Morgan fingerprint density at radius 3 is 2.22 bits per heavy atom. The minimum Gasteiger partial charge on any atom is -0.478 e. The molecule has 0 aromatic heterocycles. The average molecular weight is 393 g/mol. The molecule has 7 nitrogen and oxygen atoms in total. The van der Waals surface area contributed by atoms with Gasteiger partial charge in [-0.15, -0.1) is 11.6 Å². The van der Waals surface area contributed by atoms with Crippen LogP contribution < -0.4 is 10.6 Å². The van der Waals surface area contributed by atoms with Crippen LogP contribution in [0.4, 0.5) is 5.69 Å². The number of rotatable bonds is 7. The van der Waals surface area contributed by atoms with Gasteiger partial charge in [0.2, 0.25) is 5.91 Å². The Hall–Kier alpha value is -2.80. The first kappa shape index (κ1) is 20.5. The van der Waals surface area contributed by atoms with Crippen molar-refractivity contribution in [2.45, 2.75) is 32.6 Å². The van der Waals surface area contributed by atoms with E-state index in [0.717, 1.165) is 0 Å². The Bertz CT molecular complexity index is 808. The molecule has 144 valence electrons. The second-order valence-corrected chi connectivity index (χ2v) is 6.59. The Balaban J connectivity index is 2.47. The third-order valence-corrected chi connectivity index (χ3v) is 4.53. The van der Waals surface area contributed by atoms with Gasteiger partial charge in [0.15, 0.2) is 0 Å². The molecule has 27 heavy (non-hydrogen) atoms. The number of anilines is 1. The number of hydrogen-bond donors (Lipinski definition) is 4. The molecule has 8 heteroatoms. The summed E-state index contributed by atoms with van der Waals surface area (Å²) < 4.78 is 0. The van der Waals surface area contributed by atoms with Crippen molar-refractivity contribution >= 4 is 35.1 Å². The van der Waals surface area contributed by atoms with E-state index in [1.54, 1.807) is 38.1 Å². The molecule has 1 aromatic carbocycles. The molecule has 0 radical (unpaired) electrons. The van der Waals surface area contributed by atoms with Gasteiger partial charge in [-0.3, -0.25) is 4.79 Å². The fraction of sp³-hybridized carbons (Fsp3) is 0.316. The summed E-state index contributed by atoms with van der Waals surface area (Å²) in [6.07, 6.45) is 0.803. The van der Waals surface area contributed by atoms with Crippen LogP contribution in [0.2, 0.25) is 0 Å². The van der Waals surface area contributed by atoms with Crippen molar-refractivity contribution in [3.63, 3.8) is 0 Å². The van der Waals surface area contributed by atoms with Crippen molar-refractivity contribution in [3.05, 3.63) is 52.4 Å². The summed E-state index contributed by atoms with van der Waals surface area (Å²) >= 11 is 5.59. The lowest BCUT2D eigenvalue weighted by molar-refractivity contribution is -0.133. The van der Waals surface area contributed by atoms with Gasteiger partial charge in [0.25, 0.3) is 0 Å². The number of benzene rings is 1. The fourth-order valence-corrected chi connectivity index (χ4v) is 3.27. The molecule has 1 heterocycles. The summed E-state index contributed by atoms with van der Waals surface area (Å²) in [6, 6.07) is 6.56. The second-order valence-electron chi connectivity index (χ2n) is 6.21. The quantitative estimate of drug-likeness (QED) is 0.530. The second kappa shape index (κ2) is 8.73. The minimum atomic E-state index is -1.20. The molecular formula is C19H21ClN2O5. The average Bonchev–Trinajstić information content (AvgIpc) is 2.58. The third kappa shape index (κ3) is 4.68. The van der Waals surface area contributed by atoms with Crippen LogP contribution >= 0.6 is 11.6 Å². The summed E-state index contributed by atoms with van der Waals surface area (Å²) in [5.74, 6) is -3.20. The molecule has 2 rings (SSSR count). The Kier molecular flexibility index (Phi) is 6.63. The first-order valence-corrected chi connectivity index (χ1v) is 8.90. The SMILES string of the molecule is CC1=C(C(=O)O)C(c2cccc(NC(=O)CCCCl)c2)C(C(=O)O)=C(C)N1. The number of alkyl halides is 1. The lowest BCUT2D eigenvalue weighted by Crippen LogP contribution is -2.31. The van der Waals surface area contributed by atoms with Crippen LogP contribution in [-0.2, 0) is 14.4 Å². The number of carboxylic acid groups (broad SMARTS) is 2. The lowest BCUT2D eigenvalue weighted by Gasteiger charge is -2.29. The van der Waals surface area contributed by atoms with Crippen molar-refractivity contribution in [2.24, 2.45) is 0 Å². The van der Waals surface area contributed by atoms with Gasteiger partial charge in [-0.1, -0.05) is 12.1 Å². The number of dihydropyridines is 1. The Morgan fingerprint density at radius 2 is 1.70 bits per heavy atom. The van der Waals surface area contributed by atoms with Crippen LogP contribution in [0.5, 0.6) is 0 Å². The molecule has 0 bridgehead atoms. The van der Waals surface area contributed by atoms with Crippen LogP contribution in [0.15, 0.2) is 46.8 Å². The molecule has 1 aliphatic rings. The Labute approximate surface area is 161 Å². The number of carbonyl (C=O) groups excluding carboxylic acids is 1. The highest BCUT2D eigenvalue weighted by Gasteiger charge is 2.36. The van der Waals surface area contributed by atoms with Crippen LogP contribution in [-0.4, -0.2) is 33.9 Å². The molecular weight excluding hydrogens is 372 g/mol. The van der Waals surface area contributed by atoms with E-state index in [0.29, 0.717) is 34.9 Å². The van der Waals surface area contributed by atoms with Crippen molar-refractivity contribution in [3.8, 4) is 0 Å². The van der Waals surface area contributed by atoms with Crippen molar-refractivity contribution in [2.75, 3.05) is 11.2 Å². The molecule has 0 aliphatic carbocycles. The summed E-state index contributed by atoms with van der Waals surface area (Å²) in [5, 5.41) is 24.8.